The molecular formula is C21H15BrINO4. The number of carbonyl (C=O) groups is 2. The normalized spacial score (nSPS) is 18.0. The lowest BCUT2D eigenvalue weighted by Crippen LogP contribution is -2.29. The summed E-state index contributed by atoms with van der Waals surface area (Å²) in [6.07, 6.45) is 0. The van der Waals surface area contributed by atoms with Gasteiger partial charge in [0.25, 0.3) is 0 Å². The Bertz CT molecular complexity index is 1100. The Morgan fingerprint density at radius 3 is 2.57 bits per heavy atom. The quantitative estimate of drug-likeness (QED) is 0.424. The van der Waals surface area contributed by atoms with Gasteiger partial charge in [0, 0.05) is 28.3 Å². The van der Waals surface area contributed by atoms with E-state index in [1.165, 1.54) is 7.11 Å². The van der Waals surface area contributed by atoms with E-state index >= 15 is 0 Å². The fraction of sp³-hybridized carbons (Fsp3) is 0.143. The van der Waals surface area contributed by atoms with E-state index in [1.807, 2.05) is 40.8 Å². The van der Waals surface area contributed by atoms with E-state index in [9.17, 15) is 14.7 Å². The molecule has 7 heteroatoms. The summed E-state index contributed by atoms with van der Waals surface area (Å²) in [4.78, 5) is 25.9. The van der Waals surface area contributed by atoms with Crippen LogP contribution >= 0.6 is 38.5 Å². The highest BCUT2D eigenvalue weighted by atomic mass is 127. The number of nitrogens with one attached hydrogen (secondary N) is 1. The summed E-state index contributed by atoms with van der Waals surface area (Å²) >= 11 is 5.39. The van der Waals surface area contributed by atoms with E-state index < -0.39 is 11.9 Å². The number of methoxy groups -OCH3 is 1. The SMILES string of the molecule is COC(=O)C1=C(C)NC2=C(C(=O)c3ccccc32)[C@@H]1c1cc(Br)c(O)c(I)c1. The number of carbonyl (C=O) groups excluding carboxylic acids is 2. The molecule has 0 saturated heterocycles. The van der Waals surface area contributed by atoms with Crippen molar-refractivity contribution in [2.24, 2.45) is 0 Å². The maximum Gasteiger partial charge on any atom is 0.336 e. The maximum absolute atomic E-state index is 13.3. The van der Waals surface area contributed by atoms with Gasteiger partial charge in [0.2, 0.25) is 0 Å². The zero-order chi connectivity index (χ0) is 20.2. The molecule has 0 radical (unpaired) electrons. The van der Waals surface area contributed by atoms with Crippen molar-refractivity contribution in [3.63, 3.8) is 0 Å². The van der Waals surface area contributed by atoms with Gasteiger partial charge in [-0.1, -0.05) is 24.3 Å². The number of allylic oxidation sites excluding steroid dienone is 2. The van der Waals surface area contributed by atoms with Crippen LogP contribution in [0.3, 0.4) is 0 Å². The number of Topliss-reactive ketones (excluding diaryl/α,β-unsaturated/α-hetero) is 1. The van der Waals surface area contributed by atoms with Gasteiger partial charge in [-0.3, -0.25) is 4.79 Å². The standard InChI is InChI=1S/C21H15BrINO4/c1-9-15(21(27)28-2)16(10-7-13(22)20(26)14(23)8-10)17-18(24-9)11-5-3-4-6-12(11)19(17)25/h3-8,16,24,26H,1-2H3/t16-/m1/s1. The van der Waals surface area contributed by atoms with E-state index in [2.05, 4.69) is 21.2 Å². The average molecular weight is 552 g/mol. The number of rotatable bonds is 2. The van der Waals surface area contributed by atoms with E-state index in [4.69, 9.17) is 4.74 Å². The number of phenols is 1. The second kappa shape index (κ2) is 7.04. The molecular weight excluding hydrogens is 537 g/mol. The fourth-order valence-corrected chi connectivity index (χ4v) is 5.29. The Hall–Kier alpha value is -2.13. The first kappa shape index (κ1) is 19.2. The summed E-state index contributed by atoms with van der Waals surface area (Å²) in [6.45, 7) is 1.80. The molecule has 2 N–H and O–H groups in total. The van der Waals surface area contributed by atoms with E-state index in [-0.39, 0.29) is 11.5 Å². The van der Waals surface area contributed by atoms with E-state index in [1.54, 1.807) is 25.1 Å². The minimum Gasteiger partial charge on any atom is -0.506 e. The minimum atomic E-state index is -0.603. The molecule has 1 aliphatic heterocycles. The van der Waals surface area contributed by atoms with E-state index in [0.717, 1.165) is 16.8 Å². The molecule has 2 aromatic rings. The summed E-state index contributed by atoms with van der Waals surface area (Å²) in [7, 11) is 1.32. The van der Waals surface area contributed by atoms with Crippen LogP contribution in [0.4, 0.5) is 0 Å². The van der Waals surface area contributed by atoms with Crippen molar-refractivity contribution in [1.29, 1.82) is 0 Å². The van der Waals surface area contributed by atoms with Crippen molar-refractivity contribution >= 4 is 56.0 Å². The molecule has 4 rings (SSSR count). The Balaban J connectivity index is 1.99. The number of dihydropyridines is 1. The average Bonchev–Trinajstić information content (AvgIpc) is 2.96. The molecule has 1 atom stereocenters. The smallest absolute Gasteiger partial charge is 0.336 e. The van der Waals surface area contributed by atoms with Gasteiger partial charge in [0.1, 0.15) is 5.75 Å². The highest BCUT2D eigenvalue weighted by molar-refractivity contribution is 14.1. The molecule has 2 aliphatic rings. The molecule has 2 aromatic carbocycles. The van der Waals surface area contributed by atoms with Crippen LogP contribution in [0.15, 0.2) is 57.7 Å². The van der Waals surface area contributed by atoms with Gasteiger partial charge in [-0.25, -0.2) is 4.79 Å². The summed E-state index contributed by atoms with van der Waals surface area (Å²) in [5, 5.41) is 13.4. The topological polar surface area (TPSA) is 75.6 Å². The van der Waals surface area contributed by atoms with Crippen LogP contribution in [-0.4, -0.2) is 24.0 Å². The molecule has 0 saturated carbocycles. The van der Waals surface area contributed by atoms with E-state index in [0.29, 0.717) is 30.4 Å². The first-order chi connectivity index (χ1) is 13.3. The predicted molar refractivity (Wildman–Crippen MR) is 117 cm³/mol. The van der Waals surface area contributed by atoms with Gasteiger partial charge in [-0.2, -0.15) is 0 Å². The van der Waals surface area contributed by atoms with Crippen LogP contribution in [0.5, 0.6) is 5.75 Å². The molecule has 0 bridgehead atoms. The maximum atomic E-state index is 13.3. The molecule has 0 amide bonds. The molecule has 142 valence electrons. The summed E-state index contributed by atoms with van der Waals surface area (Å²) in [5.74, 6) is -1.09. The van der Waals surface area contributed by atoms with Gasteiger partial charge in [-0.15, -0.1) is 0 Å². The molecule has 0 unspecified atom stereocenters. The molecule has 0 fully saturated rings. The number of hydrogen-bond donors (Lipinski definition) is 2. The number of esters is 1. The van der Waals surface area contributed by atoms with Gasteiger partial charge in [-0.05, 0) is 63.1 Å². The number of aromatic hydroxyl groups is 1. The van der Waals surface area contributed by atoms with Crippen molar-refractivity contribution in [3.8, 4) is 5.75 Å². The Labute approximate surface area is 183 Å². The molecule has 0 aromatic heterocycles. The third-order valence-corrected chi connectivity index (χ3v) is 6.45. The number of ketones is 1. The van der Waals surface area contributed by atoms with Crippen LogP contribution in [0.1, 0.15) is 34.3 Å². The number of phenolic OH excluding ortho intramolecular Hbond substituents is 1. The van der Waals surface area contributed by atoms with Gasteiger partial charge in [0.05, 0.1) is 26.4 Å². The van der Waals surface area contributed by atoms with Crippen molar-refractivity contribution in [2.45, 2.75) is 12.8 Å². The molecule has 0 spiro atoms. The molecule has 28 heavy (non-hydrogen) atoms. The highest BCUT2D eigenvalue weighted by Crippen LogP contribution is 2.48. The van der Waals surface area contributed by atoms with Crippen molar-refractivity contribution in [1.82, 2.24) is 5.32 Å². The second-order valence-electron chi connectivity index (χ2n) is 6.58. The van der Waals surface area contributed by atoms with Crippen LogP contribution in [0.2, 0.25) is 0 Å². The number of hydrogen-bond acceptors (Lipinski definition) is 5. The van der Waals surface area contributed by atoms with Gasteiger partial charge < -0.3 is 15.2 Å². The Kier molecular flexibility index (Phi) is 4.83. The van der Waals surface area contributed by atoms with Crippen molar-refractivity contribution in [3.05, 3.63) is 78.0 Å². The lowest BCUT2D eigenvalue weighted by atomic mass is 9.80. The third-order valence-electron chi connectivity index (χ3n) is 5.03. The lowest BCUT2D eigenvalue weighted by molar-refractivity contribution is -0.136. The van der Waals surface area contributed by atoms with Gasteiger partial charge in [0.15, 0.2) is 5.78 Å². The lowest BCUT2D eigenvalue weighted by Gasteiger charge is -2.29. The number of fused-ring (bicyclic) bond motifs is 2. The molecule has 5 nitrogen and oxygen atoms in total. The fourth-order valence-electron chi connectivity index (χ4n) is 3.79. The molecule has 1 aliphatic carbocycles. The first-order valence-electron chi connectivity index (χ1n) is 8.47. The summed E-state index contributed by atoms with van der Waals surface area (Å²) in [6, 6.07) is 10.9. The minimum absolute atomic E-state index is 0.115. The number of benzene rings is 2. The Morgan fingerprint density at radius 1 is 1.25 bits per heavy atom. The summed E-state index contributed by atoms with van der Waals surface area (Å²) < 4.78 is 6.14. The largest absolute Gasteiger partial charge is 0.506 e. The molecule has 1 heterocycles. The predicted octanol–water partition coefficient (Wildman–Crippen LogP) is 4.50. The van der Waals surface area contributed by atoms with Crippen molar-refractivity contribution in [2.75, 3.05) is 7.11 Å². The zero-order valence-corrected chi connectivity index (χ0v) is 18.7. The third kappa shape index (κ3) is 2.79. The highest BCUT2D eigenvalue weighted by Gasteiger charge is 2.43. The van der Waals surface area contributed by atoms with Crippen LogP contribution in [0.25, 0.3) is 5.70 Å². The van der Waals surface area contributed by atoms with Crippen LogP contribution in [0, 0.1) is 3.57 Å². The zero-order valence-electron chi connectivity index (χ0n) is 15.0. The van der Waals surface area contributed by atoms with Gasteiger partial charge >= 0.3 is 5.97 Å². The number of ether oxygens (including phenoxy) is 1. The number of halogens is 2. The first-order valence-corrected chi connectivity index (χ1v) is 10.3. The van der Waals surface area contributed by atoms with Crippen LogP contribution < -0.4 is 5.32 Å². The van der Waals surface area contributed by atoms with Crippen molar-refractivity contribution < 1.29 is 19.4 Å². The summed E-state index contributed by atoms with van der Waals surface area (Å²) in [5.41, 5.74) is 4.41. The Morgan fingerprint density at radius 2 is 1.93 bits per heavy atom. The van der Waals surface area contributed by atoms with Crippen LogP contribution in [-0.2, 0) is 9.53 Å². The monoisotopic (exact) mass is 551 g/mol. The second-order valence-corrected chi connectivity index (χ2v) is 8.60.